The summed E-state index contributed by atoms with van der Waals surface area (Å²) in [6.45, 7) is 0. The van der Waals surface area contributed by atoms with E-state index < -0.39 is 5.97 Å². The number of aromatic carboxylic acids is 1. The van der Waals surface area contributed by atoms with E-state index in [1.165, 1.54) is 6.20 Å². The average Bonchev–Trinajstić information content (AvgIpc) is 2.97. The summed E-state index contributed by atoms with van der Waals surface area (Å²) in [5.41, 5.74) is 1.15. The summed E-state index contributed by atoms with van der Waals surface area (Å²) in [4.78, 5) is 14.8. The van der Waals surface area contributed by atoms with Crippen LogP contribution in [0.3, 0.4) is 0 Å². The first-order chi connectivity index (χ1) is 8.25. The minimum Gasteiger partial charge on any atom is -0.476 e. The maximum absolute atomic E-state index is 10.8. The van der Waals surface area contributed by atoms with Crippen LogP contribution < -0.4 is 0 Å². The predicted molar refractivity (Wildman–Crippen MR) is 55.3 cm³/mol. The predicted octanol–water partition coefficient (Wildman–Crippen LogP) is 0.213. The molecule has 0 aliphatic heterocycles. The van der Waals surface area contributed by atoms with Crippen molar-refractivity contribution >= 4 is 11.6 Å². The zero-order valence-corrected chi connectivity index (χ0v) is 8.40. The van der Waals surface area contributed by atoms with Crippen molar-refractivity contribution in [1.82, 2.24) is 30.0 Å². The number of imidazole rings is 1. The molecule has 3 heterocycles. The highest BCUT2D eigenvalue weighted by Gasteiger charge is 2.12. The first-order valence-corrected chi connectivity index (χ1v) is 4.71. The second-order valence-electron chi connectivity index (χ2n) is 3.32. The summed E-state index contributed by atoms with van der Waals surface area (Å²) in [6.07, 6.45) is 1.43. The van der Waals surface area contributed by atoms with Crippen LogP contribution in [-0.2, 0) is 0 Å². The van der Waals surface area contributed by atoms with E-state index in [1.807, 2.05) is 0 Å². The number of carboxylic acids is 1. The van der Waals surface area contributed by atoms with Crippen molar-refractivity contribution in [2.45, 2.75) is 0 Å². The number of nitrogens with zero attached hydrogens (tertiary/aromatic N) is 5. The molecular weight excluding hydrogens is 224 g/mol. The molecule has 0 amide bonds. The third kappa shape index (κ3) is 1.42. The van der Waals surface area contributed by atoms with E-state index in [4.69, 9.17) is 5.11 Å². The summed E-state index contributed by atoms with van der Waals surface area (Å²) in [7, 11) is 0. The van der Waals surface area contributed by atoms with Gasteiger partial charge >= 0.3 is 5.97 Å². The summed E-state index contributed by atoms with van der Waals surface area (Å²) in [5.74, 6) is -0.625. The molecule has 0 saturated heterocycles. The van der Waals surface area contributed by atoms with Crippen LogP contribution in [0.2, 0.25) is 0 Å². The Labute approximate surface area is 93.9 Å². The smallest absolute Gasteiger partial charge is 0.356 e. The fourth-order valence-corrected chi connectivity index (χ4v) is 1.57. The maximum Gasteiger partial charge on any atom is 0.356 e. The fraction of sp³-hybridized carbons (Fsp3) is 0. The zero-order valence-electron chi connectivity index (χ0n) is 8.40. The first-order valence-electron chi connectivity index (χ1n) is 4.71. The molecule has 17 heavy (non-hydrogen) atoms. The molecule has 0 fully saturated rings. The summed E-state index contributed by atoms with van der Waals surface area (Å²) >= 11 is 0. The molecule has 0 unspecified atom stereocenters. The van der Waals surface area contributed by atoms with E-state index in [0.29, 0.717) is 17.2 Å². The number of carboxylic acid groups (broad SMARTS) is 1. The number of fused-ring (bicyclic) bond motifs is 1. The van der Waals surface area contributed by atoms with E-state index in [9.17, 15) is 4.79 Å². The molecule has 2 N–H and O–H groups in total. The minimum atomic E-state index is -1.07. The molecule has 3 aromatic rings. The van der Waals surface area contributed by atoms with E-state index in [1.54, 1.807) is 22.6 Å². The van der Waals surface area contributed by atoms with Crippen molar-refractivity contribution in [2.24, 2.45) is 0 Å². The first kappa shape index (κ1) is 9.46. The van der Waals surface area contributed by atoms with Crippen molar-refractivity contribution in [3.8, 4) is 11.5 Å². The van der Waals surface area contributed by atoms with E-state index >= 15 is 0 Å². The van der Waals surface area contributed by atoms with Gasteiger partial charge in [-0.2, -0.15) is 0 Å². The Balaban J connectivity index is 2.29. The Bertz CT molecular complexity index is 687. The highest BCUT2D eigenvalue weighted by atomic mass is 16.4. The molecule has 0 spiro atoms. The van der Waals surface area contributed by atoms with Crippen LogP contribution in [-0.4, -0.2) is 41.1 Å². The van der Waals surface area contributed by atoms with Gasteiger partial charge in [-0.3, -0.25) is 4.40 Å². The molecule has 3 rings (SSSR count). The maximum atomic E-state index is 10.8. The summed E-state index contributed by atoms with van der Waals surface area (Å²) in [5, 5.41) is 22.2. The second-order valence-corrected chi connectivity index (χ2v) is 3.32. The molecule has 0 bridgehead atoms. The van der Waals surface area contributed by atoms with Crippen molar-refractivity contribution in [3.05, 3.63) is 30.1 Å². The molecular formula is C9H6N6O2. The molecule has 0 atom stereocenters. The lowest BCUT2D eigenvalue weighted by atomic mass is 10.3. The van der Waals surface area contributed by atoms with Crippen LogP contribution in [0, 0.1) is 0 Å². The van der Waals surface area contributed by atoms with Crippen molar-refractivity contribution in [1.29, 1.82) is 0 Å². The normalized spacial score (nSPS) is 10.8. The van der Waals surface area contributed by atoms with Gasteiger partial charge in [0, 0.05) is 6.20 Å². The van der Waals surface area contributed by atoms with Crippen LogP contribution in [0.5, 0.6) is 0 Å². The van der Waals surface area contributed by atoms with Gasteiger partial charge in [-0.15, -0.1) is 5.10 Å². The summed E-state index contributed by atoms with van der Waals surface area (Å²) < 4.78 is 1.62. The van der Waals surface area contributed by atoms with Gasteiger partial charge in [0.15, 0.2) is 11.5 Å². The third-order valence-corrected chi connectivity index (χ3v) is 2.30. The lowest BCUT2D eigenvalue weighted by Crippen LogP contribution is -1.95. The molecule has 0 radical (unpaired) electrons. The number of rotatable bonds is 2. The van der Waals surface area contributed by atoms with Gasteiger partial charge < -0.3 is 5.11 Å². The summed E-state index contributed by atoms with van der Waals surface area (Å²) in [6, 6.07) is 5.23. The van der Waals surface area contributed by atoms with Crippen LogP contribution in [0.15, 0.2) is 24.4 Å². The number of tetrazole rings is 1. The Morgan fingerprint density at radius 2 is 2.29 bits per heavy atom. The number of pyridine rings is 1. The minimum absolute atomic E-state index is 0.0232. The Morgan fingerprint density at radius 3 is 3.00 bits per heavy atom. The van der Waals surface area contributed by atoms with Crippen LogP contribution in [0.25, 0.3) is 17.2 Å². The molecule has 0 aliphatic carbocycles. The number of aromatic amines is 1. The number of hydrogen-bond acceptors (Lipinski definition) is 5. The van der Waals surface area contributed by atoms with E-state index in [2.05, 4.69) is 25.6 Å². The van der Waals surface area contributed by atoms with Crippen LogP contribution in [0.4, 0.5) is 0 Å². The third-order valence-electron chi connectivity index (χ3n) is 2.30. The average molecular weight is 230 g/mol. The quantitative estimate of drug-likeness (QED) is 0.651. The fourth-order valence-electron chi connectivity index (χ4n) is 1.57. The topological polar surface area (TPSA) is 109 Å². The van der Waals surface area contributed by atoms with Crippen LogP contribution in [0.1, 0.15) is 10.5 Å². The zero-order chi connectivity index (χ0) is 11.8. The number of H-pyrrole nitrogens is 1. The van der Waals surface area contributed by atoms with Gasteiger partial charge in [0.1, 0.15) is 5.65 Å². The van der Waals surface area contributed by atoms with Crippen molar-refractivity contribution in [2.75, 3.05) is 0 Å². The lowest BCUT2D eigenvalue weighted by Gasteiger charge is -1.99. The Kier molecular flexibility index (Phi) is 1.87. The van der Waals surface area contributed by atoms with Gasteiger partial charge in [0.25, 0.3) is 0 Å². The van der Waals surface area contributed by atoms with E-state index in [-0.39, 0.29) is 5.69 Å². The lowest BCUT2D eigenvalue weighted by molar-refractivity contribution is 0.0691. The Morgan fingerprint density at radius 1 is 1.41 bits per heavy atom. The number of carbonyl (C=O) groups is 1. The van der Waals surface area contributed by atoms with Gasteiger partial charge in [-0.25, -0.2) is 14.9 Å². The van der Waals surface area contributed by atoms with E-state index in [0.717, 1.165) is 0 Å². The highest BCUT2D eigenvalue weighted by molar-refractivity contribution is 5.86. The molecule has 8 heteroatoms. The van der Waals surface area contributed by atoms with Gasteiger partial charge in [-0.05, 0) is 22.6 Å². The van der Waals surface area contributed by atoms with Gasteiger partial charge in [-0.1, -0.05) is 6.07 Å². The standard InChI is InChI=1S/C9H6N6O2/c16-9(17)5-4-15-6(8-11-13-14-12-8)2-1-3-7(15)10-5/h1-4H,(H,16,17)(H,11,12,13,14). The number of hydrogen-bond donors (Lipinski definition) is 2. The highest BCUT2D eigenvalue weighted by Crippen LogP contribution is 2.16. The molecule has 8 nitrogen and oxygen atoms in total. The van der Waals surface area contributed by atoms with Crippen molar-refractivity contribution < 1.29 is 9.90 Å². The van der Waals surface area contributed by atoms with Crippen LogP contribution >= 0.6 is 0 Å². The molecule has 84 valence electrons. The SMILES string of the molecule is O=C(O)c1cn2c(-c3nnn[nH]3)cccc2n1. The number of aromatic nitrogens is 6. The van der Waals surface area contributed by atoms with Gasteiger partial charge in [0.2, 0.25) is 0 Å². The van der Waals surface area contributed by atoms with Gasteiger partial charge in [0.05, 0.1) is 5.69 Å². The second kappa shape index (κ2) is 3.37. The molecule has 0 saturated carbocycles. The largest absolute Gasteiger partial charge is 0.476 e. The monoisotopic (exact) mass is 230 g/mol. The number of nitrogens with one attached hydrogen (secondary N) is 1. The molecule has 0 aromatic carbocycles. The molecule has 3 aromatic heterocycles. The van der Waals surface area contributed by atoms with Crippen molar-refractivity contribution in [3.63, 3.8) is 0 Å². The molecule has 0 aliphatic rings. The Hall–Kier alpha value is -2.77.